The summed E-state index contributed by atoms with van der Waals surface area (Å²) in [5.41, 5.74) is 0.955. The summed E-state index contributed by atoms with van der Waals surface area (Å²) in [6, 6.07) is 7.58. The molecule has 0 aliphatic rings. The van der Waals surface area contributed by atoms with E-state index in [1.807, 2.05) is 24.3 Å². The average Bonchev–Trinajstić information content (AvgIpc) is 2.84. The molecule has 0 bridgehead atoms. The van der Waals surface area contributed by atoms with Gasteiger partial charge in [-0.3, -0.25) is 4.79 Å². The Hall–Kier alpha value is -2.44. The van der Waals surface area contributed by atoms with Crippen LogP contribution in [0.25, 0.3) is 0 Å². The van der Waals surface area contributed by atoms with E-state index >= 15 is 0 Å². The molecule has 19 heavy (non-hydrogen) atoms. The van der Waals surface area contributed by atoms with Gasteiger partial charge in [-0.1, -0.05) is 18.2 Å². The van der Waals surface area contributed by atoms with E-state index in [9.17, 15) is 4.79 Å². The fraction of sp³-hybridized carbons (Fsp3) is 0.333. The predicted molar refractivity (Wildman–Crippen MR) is 65.9 cm³/mol. The SMILES string of the molecule is COc1ccccc1Cc1nnnn1CCC(=O)O. The smallest absolute Gasteiger partial charge is 0.305 e. The number of para-hydroxylation sites is 1. The number of aryl methyl sites for hydroxylation is 1. The van der Waals surface area contributed by atoms with E-state index in [4.69, 9.17) is 9.84 Å². The maximum absolute atomic E-state index is 10.6. The number of aromatic nitrogens is 4. The Morgan fingerprint density at radius 1 is 1.42 bits per heavy atom. The van der Waals surface area contributed by atoms with Crippen LogP contribution in [0.1, 0.15) is 17.8 Å². The van der Waals surface area contributed by atoms with Crippen LogP contribution >= 0.6 is 0 Å². The van der Waals surface area contributed by atoms with Crippen LogP contribution in [0.5, 0.6) is 5.75 Å². The second-order valence-corrected chi connectivity index (χ2v) is 3.95. The van der Waals surface area contributed by atoms with Crippen molar-refractivity contribution in [3.8, 4) is 5.75 Å². The van der Waals surface area contributed by atoms with Crippen molar-refractivity contribution < 1.29 is 14.6 Å². The molecule has 1 aromatic heterocycles. The van der Waals surface area contributed by atoms with Gasteiger partial charge in [0, 0.05) is 12.0 Å². The number of nitrogens with zero attached hydrogens (tertiary/aromatic N) is 4. The molecule has 0 saturated heterocycles. The molecule has 2 rings (SSSR count). The number of methoxy groups -OCH3 is 1. The Morgan fingerprint density at radius 3 is 2.95 bits per heavy atom. The molecule has 0 amide bonds. The van der Waals surface area contributed by atoms with Crippen molar-refractivity contribution >= 4 is 5.97 Å². The molecule has 1 aromatic carbocycles. The number of hydrogen-bond acceptors (Lipinski definition) is 5. The van der Waals surface area contributed by atoms with Crippen LogP contribution in [-0.2, 0) is 17.8 Å². The first-order chi connectivity index (χ1) is 9.20. The Labute approximate surface area is 109 Å². The van der Waals surface area contributed by atoms with Gasteiger partial charge in [0.2, 0.25) is 0 Å². The molecule has 2 aromatic rings. The Balaban J connectivity index is 2.15. The number of aliphatic carboxylic acids is 1. The van der Waals surface area contributed by atoms with Crippen molar-refractivity contribution in [1.29, 1.82) is 0 Å². The van der Waals surface area contributed by atoms with Crippen molar-refractivity contribution in [2.45, 2.75) is 19.4 Å². The lowest BCUT2D eigenvalue weighted by Crippen LogP contribution is -2.10. The topological polar surface area (TPSA) is 90.1 Å². The van der Waals surface area contributed by atoms with Gasteiger partial charge >= 0.3 is 5.97 Å². The summed E-state index contributed by atoms with van der Waals surface area (Å²) >= 11 is 0. The van der Waals surface area contributed by atoms with Gasteiger partial charge in [-0.25, -0.2) is 4.68 Å². The van der Waals surface area contributed by atoms with E-state index < -0.39 is 5.97 Å². The summed E-state index contributed by atoms with van der Waals surface area (Å²) in [6.45, 7) is 0.257. The second-order valence-electron chi connectivity index (χ2n) is 3.95. The summed E-state index contributed by atoms with van der Waals surface area (Å²) in [5, 5.41) is 20.0. The van der Waals surface area contributed by atoms with E-state index in [1.165, 1.54) is 4.68 Å². The van der Waals surface area contributed by atoms with Gasteiger partial charge in [-0.15, -0.1) is 5.10 Å². The van der Waals surface area contributed by atoms with Gasteiger partial charge < -0.3 is 9.84 Å². The van der Waals surface area contributed by atoms with Gasteiger partial charge in [0.05, 0.1) is 20.1 Å². The van der Waals surface area contributed by atoms with Crippen LogP contribution in [0.3, 0.4) is 0 Å². The molecule has 0 fully saturated rings. The van der Waals surface area contributed by atoms with E-state index in [1.54, 1.807) is 7.11 Å². The van der Waals surface area contributed by atoms with Crippen LogP contribution in [-0.4, -0.2) is 38.4 Å². The highest BCUT2D eigenvalue weighted by Crippen LogP contribution is 2.19. The minimum Gasteiger partial charge on any atom is -0.496 e. The molecular weight excluding hydrogens is 248 g/mol. The van der Waals surface area contributed by atoms with Crippen molar-refractivity contribution in [3.63, 3.8) is 0 Å². The monoisotopic (exact) mass is 262 g/mol. The number of rotatable bonds is 6. The summed E-state index contributed by atoms with van der Waals surface area (Å²) in [6.07, 6.45) is 0.487. The number of tetrazole rings is 1. The molecule has 0 atom stereocenters. The van der Waals surface area contributed by atoms with Gasteiger partial charge in [0.15, 0.2) is 5.82 Å². The number of hydrogen-bond donors (Lipinski definition) is 1. The number of carboxylic acid groups (broad SMARTS) is 1. The highest BCUT2D eigenvalue weighted by molar-refractivity contribution is 5.66. The van der Waals surface area contributed by atoms with Crippen LogP contribution < -0.4 is 4.74 Å². The van der Waals surface area contributed by atoms with Crippen LogP contribution in [0.15, 0.2) is 24.3 Å². The molecule has 0 unspecified atom stereocenters. The molecule has 0 aliphatic heterocycles. The molecule has 0 saturated carbocycles. The lowest BCUT2D eigenvalue weighted by atomic mass is 10.1. The fourth-order valence-corrected chi connectivity index (χ4v) is 1.74. The minimum absolute atomic E-state index is 0.00996. The fourth-order valence-electron chi connectivity index (χ4n) is 1.74. The molecule has 0 radical (unpaired) electrons. The summed E-state index contributed by atoms with van der Waals surface area (Å²) in [4.78, 5) is 10.6. The third-order valence-electron chi connectivity index (χ3n) is 2.68. The molecule has 7 nitrogen and oxygen atoms in total. The minimum atomic E-state index is -0.876. The van der Waals surface area contributed by atoms with E-state index in [2.05, 4.69) is 15.5 Å². The summed E-state index contributed by atoms with van der Waals surface area (Å²) < 4.78 is 6.76. The highest BCUT2D eigenvalue weighted by atomic mass is 16.5. The number of carbonyl (C=O) groups is 1. The Bertz CT molecular complexity index is 568. The zero-order chi connectivity index (χ0) is 13.7. The lowest BCUT2D eigenvalue weighted by Gasteiger charge is -2.07. The van der Waals surface area contributed by atoms with Gasteiger partial charge in [-0.2, -0.15) is 0 Å². The van der Waals surface area contributed by atoms with Crippen LogP contribution in [0.4, 0.5) is 0 Å². The summed E-state index contributed by atoms with van der Waals surface area (Å²) in [5.74, 6) is 0.500. The zero-order valence-corrected chi connectivity index (χ0v) is 10.5. The maximum atomic E-state index is 10.6. The average molecular weight is 262 g/mol. The number of benzene rings is 1. The van der Waals surface area contributed by atoms with Gasteiger partial charge in [0.1, 0.15) is 5.75 Å². The molecule has 7 heteroatoms. The Morgan fingerprint density at radius 2 is 2.21 bits per heavy atom. The molecule has 0 spiro atoms. The standard InChI is InChI=1S/C12H14N4O3/c1-19-10-5-3-2-4-9(10)8-11-13-14-15-16(11)7-6-12(17)18/h2-5H,6-8H2,1H3,(H,17,18). The first-order valence-corrected chi connectivity index (χ1v) is 5.79. The van der Waals surface area contributed by atoms with Gasteiger partial charge in [0.25, 0.3) is 0 Å². The molecule has 100 valence electrons. The molecular formula is C12H14N4O3. The van der Waals surface area contributed by atoms with E-state index in [-0.39, 0.29) is 13.0 Å². The first kappa shape index (κ1) is 13.0. The van der Waals surface area contributed by atoms with Crippen molar-refractivity contribution in [3.05, 3.63) is 35.7 Å². The van der Waals surface area contributed by atoms with Crippen molar-refractivity contribution in [2.75, 3.05) is 7.11 Å². The van der Waals surface area contributed by atoms with E-state index in [0.717, 1.165) is 11.3 Å². The zero-order valence-electron chi connectivity index (χ0n) is 10.5. The summed E-state index contributed by atoms with van der Waals surface area (Å²) in [7, 11) is 1.60. The van der Waals surface area contributed by atoms with Crippen LogP contribution in [0.2, 0.25) is 0 Å². The maximum Gasteiger partial charge on any atom is 0.305 e. The molecule has 1 N–H and O–H groups in total. The molecule has 0 aliphatic carbocycles. The first-order valence-electron chi connectivity index (χ1n) is 5.79. The van der Waals surface area contributed by atoms with E-state index in [0.29, 0.717) is 12.2 Å². The third kappa shape index (κ3) is 3.27. The quantitative estimate of drug-likeness (QED) is 0.826. The lowest BCUT2D eigenvalue weighted by molar-refractivity contribution is -0.137. The molecule has 1 heterocycles. The normalized spacial score (nSPS) is 10.4. The second kappa shape index (κ2) is 5.94. The Kier molecular flexibility index (Phi) is 4.07. The highest BCUT2D eigenvalue weighted by Gasteiger charge is 2.11. The predicted octanol–water partition coefficient (Wildman–Crippen LogP) is 0.747. The van der Waals surface area contributed by atoms with Gasteiger partial charge in [-0.05, 0) is 16.5 Å². The van der Waals surface area contributed by atoms with Crippen molar-refractivity contribution in [1.82, 2.24) is 20.2 Å². The third-order valence-corrected chi connectivity index (χ3v) is 2.68. The number of carboxylic acids is 1. The largest absolute Gasteiger partial charge is 0.496 e. The number of ether oxygens (including phenoxy) is 1. The van der Waals surface area contributed by atoms with Crippen LogP contribution in [0, 0.1) is 0 Å². The van der Waals surface area contributed by atoms with Crippen molar-refractivity contribution in [2.24, 2.45) is 0 Å².